The molecule has 2 N–H and O–H groups in total. The van der Waals surface area contributed by atoms with Crippen molar-refractivity contribution < 1.29 is 8.42 Å². The second kappa shape index (κ2) is 14.9. The molecule has 0 unspecified atom stereocenters. The molecular formula is C40H50N2O2S2. The molecule has 0 saturated carbocycles. The van der Waals surface area contributed by atoms with Crippen LogP contribution in [0, 0.1) is 0 Å². The highest BCUT2D eigenvalue weighted by Gasteiger charge is 2.32. The summed E-state index contributed by atoms with van der Waals surface area (Å²) in [5.41, 5.74) is 8.07. The maximum absolute atomic E-state index is 12.5. The van der Waals surface area contributed by atoms with Crippen LogP contribution in [0.5, 0.6) is 0 Å². The lowest BCUT2D eigenvalue weighted by Crippen LogP contribution is -2.37. The zero-order valence-electron chi connectivity index (χ0n) is 28.2. The third-order valence-electron chi connectivity index (χ3n) is 9.00. The van der Waals surface area contributed by atoms with Gasteiger partial charge >= 0.3 is 0 Å². The Morgan fingerprint density at radius 1 is 0.457 bits per heavy atom. The summed E-state index contributed by atoms with van der Waals surface area (Å²) in [7, 11) is -2.10. The summed E-state index contributed by atoms with van der Waals surface area (Å²) in [6.45, 7) is 12.1. The third kappa shape index (κ3) is 8.32. The minimum Gasteiger partial charge on any atom is -0.242 e. The molecule has 0 aromatic heterocycles. The lowest BCUT2D eigenvalue weighted by molar-refractivity contribution is 0.495. The first-order valence-electron chi connectivity index (χ1n) is 16.6. The van der Waals surface area contributed by atoms with Crippen molar-refractivity contribution in [2.45, 2.75) is 101 Å². The first-order valence-corrected chi connectivity index (χ1v) is 18.9. The molecule has 6 rings (SSSR count). The number of hydrogen-bond donors (Lipinski definition) is 2. The van der Waals surface area contributed by atoms with Crippen LogP contribution in [0.1, 0.15) is 125 Å². The Morgan fingerprint density at radius 2 is 0.761 bits per heavy atom. The minimum atomic E-state index is -1.05. The number of fused-ring (bicyclic) bond motifs is 2. The molecule has 2 aliphatic carbocycles. The quantitative estimate of drug-likeness (QED) is 0.218. The van der Waals surface area contributed by atoms with Crippen LogP contribution < -0.4 is 9.44 Å². The highest BCUT2D eigenvalue weighted by molar-refractivity contribution is 7.84. The van der Waals surface area contributed by atoms with Crippen molar-refractivity contribution in [3.8, 4) is 0 Å². The van der Waals surface area contributed by atoms with Gasteiger partial charge in [-0.2, -0.15) is 0 Å². The molecule has 4 aromatic rings. The minimum absolute atomic E-state index is 0.172. The van der Waals surface area contributed by atoms with Crippen molar-refractivity contribution >= 4 is 22.0 Å². The van der Waals surface area contributed by atoms with Crippen molar-refractivity contribution in [3.05, 3.63) is 143 Å². The highest BCUT2D eigenvalue weighted by atomic mass is 32.2. The molecule has 0 spiro atoms. The Kier molecular flexibility index (Phi) is 11.1. The van der Waals surface area contributed by atoms with Crippen LogP contribution in [0.3, 0.4) is 0 Å². The van der Waals surface area contributed by atoms with Crippen LogP contribution in [0.25, 0.3) is 0 Å². The molecular weight excluding hydrogens is 605 g/mol. The smallest absolute Gasteiger partial charge is 0.0975 e. The van der Waals surface area contributed by atoms with Crippen LogP contribution in [-0.2, 0) is 22.0 Å². The Hall–Kier alpha value is -2.90. The number of benzene rings is 4. The fraction of sp³-hybridized carbons (Fsp3) is 0.400. The van der Waals surface area contributed by atoms with E-state index in [1.165, 1.54) is 33.4 Å². The summed E-state index contributed by atoms with van der Waals surface area (Å²) in [5.74, 6) is 0.877. The van der Waals surface area contributed by atoms with Crippen molar-refractivity contribution in [1.29, 1.82) is 0 Å². The molecule has 2 aliphatic rings. The molecule has 0 radical (unpaired) electrons. The lowest BCUT2D eigenvalue weighted by Gasteiger charge is -2.33. The van der Waals surface area contributed by atoms with E-state index in [9.17, 15) is 8.42 Å². The van der Waals surface area contributed by atoms with Gasteiger partial charge in [0.25, 0.3) is 0 Å². The van der Waals surface area contributed by atoms with Crippen LogP contribution >= 0.6 is 0 Å². The van der Waals surface area contributed by atoms with Gasteiger partial charge in [0.05, 0.1) is 31.5 Å². The predicted molar refractivity (Wildman–Crippen MR) is 195 cm³/mol. The highest BCUT2D eigenvalue weighted by Crippen LogP contribution is 2.42. The second-order valence-corrected chi connectivity index (χ2v) is 18.4. The number of rotatable bonds is 6. The summed E-state index contributed by atoms with van der Waals surface area (Å²) in [4.78, 5) is 0. The van der Waals surface area contributed by atoms with Gasteiger partial charge < -0.3 is 0 Å². The molecule has 46 heavy (non-hydrogen) atoms. The van der Waals surface area contributed by atoms with Crippen LogP contribution in [0.2, 0.25) is 0 Å². The fourth-order valence-corrected chi connectivity index (χ4v) is 8.21. The molecule has 0 aliphatic heterocycles. The van der Waals surface area contributed by atoms with Gasteiger partial charge in [0.15, 0.2) is 0 Å². The van der Waals surface area contributed by atoms with E-state index >= 15 is 0 Å². The molecule has 0 fully saturated rings. The third-order valence-corrected chi connectivity index (χ3v) is 12.2. The summed E-state index contributed by atoms with van der Waals surface area (Å²) >= 11 is 0. The van der Waals surface area contributed by atoms with Crippen LogP contribution in [0.4, 0.5) is 0 Å². The largest absolute Gasteiger partial charge is 0.242 e. The van der Waals surface area contributed by atoms with Crippen molar-refractivity contribution in [2.75, 3.05) is 0 Å². The fourth-order valence-electron chi connectivity index (χ4n) is 6.50. The molecule has 6 atom stereocenters. The zero-order valence-corrected chi connectivity index (χ0v) is 29.8. The number of nitrogens with one attached hydrogen (secondary N) is 2. The Labute approximate surface area is 282 Å². The van der Waals surface area contributed by atoms with E-state index in [1.807, 2.05) is 41.5 Å². The molecule has 6 heteroatoms. The van der Waals surface area contributed by atoms with E-state index in [0.29, 0.717) is 11.8 Å². The van der Waals surface area contributed by atoms with Crippen molar-refractivity contribution in [2.24, 2.45) is 0 Å². The topological polar surface area (TPSA) is 58.2 Å². The Bertz CT molecular complexity index is 1500. The molecule has 0 amide bonds. The van der Waals surface area contributed by atoms with E-state index in [4.69, 9.17) is 0 Å². The number of hydrogen-bond acceptors (Lipinski definition) is 2. The summed E-state index contributed by atoms with van der Waals surface area (Å²) in [5, 5.41) is 0. The van der Waals surface area contributed by atoms with Gasteiger partial charge in [-0.25, -0.2) is 17.9 Å². The molecule has 4 nitrogen and oxygen atoms in total. The summed E-state index contributed by atoms with van der Waals surface area (Å²) in [6, 6.07) is 38.9. The van der Waals surface area contributed by atoms with E-state index in [-0.39, 0.29) is 21.6 Å². The van der Waals surface area contributed by atoms with Gasteiger partial charge in [-0.15, -0.1) is 0 Å². The van der Waals surface area contributed by atoms with Gasteiger partial charge in [-0.05, 0) is 101 Å². The Balaban J connectivity index is 0.000000181. The first-order chi connectivity index (χ1) is 21.9. The first kappa shape index (κ1) is 34.4. The van der Waals surface area contributed by atoms with E-state index in [0.717, 1.165) is 25.7 Å². The second-order valence-electron chi connectivity index (χ2n) is 14.4. The summed E-state index contributed by atoms with van der Waals surface area (Å²) < 4.78 is 31.2. The average Bonchev–Trinajstić information content (AvgIpc) is 3.05. The van der Waals surface area contributed by atoms with Gasteiger partial charge in [0, 0.05) is 23.9 Å². The summed E-state index contributed by atoms with van der Waals surface area (Å²) in [6.07, 6.45) is 4.19. The van der Waals surface area contributed by atoms with Crippen molar-refractivity contribution in [1.82, 2.24) is 9.44 Å². The van der Waals surface area contributed by atoms with Crippen molar-refractivity contribution in [3.63, 3.8) is 0 Å². The molecule has 4 aromatic carbocycles. The maximum atomic E-state index is 12.5. The van der Waals surface area contributed by atoms with E-state index in [2.05, 4.69) is 119 Å². The maximum Gasteiger partial charge on any atom is 0.0975 e. The van der Waals surface area contributed by atoms with Gasteiger partial charge in [-0.1, -0.05) is 109 Å². The van der Waals surface area contributed by atoms with Crippen LogP contribution in [0.15, 0.2) is 109 Å². The van der Waals surface area contributed by atoms with Gasteiger partial charge in [0.1, 0.15) is 0 Å². The SMILES string of the molecule is CC(C)(C)[S@@](=O)N[C@@H]1CC[C@@H](c2ccccc2)c2ccccc21.CC(C)(C)[S@@](=O)N[C@@H]1CC[C@H](c2ccccc2)c2ccccc21. The molecule has 0 bridgehead atoms. The zero-order chi connectivity index (χ0) is 32.9. The predicted octanol–water partition coefficient (Wildman–Crippen LogP) is 9.41. The van der Waals surface area contributed by atoms with Crippen LogP contribution in [-0.4, -0.2) is 17.9 Å². The van der Waals surface area contributed by atoms with E-state index in [1.54, 1.807) is 0 Å². The Morgan fingerprint density at radius 3 is 1.09 bits per heavy atom. The van der Waals surface area contributed by atoms with Gasteiger partial charge in [-0.3, -0.25) is 0 Å². The average molecular weight is 655 g/mol. The normalized spacial score (nSPS) is 22.4. The van der Waals surface area contributed by atoms with Gasteiger partial charge in [0.2, 0.25) is 0 Å². The lowest BCUT2D eigenvalue weighted by atomic mass is 9.77. The van der Waals surface area contributed by atoms with E-state index < -0.39 is 22.0 Å². The monoisotopic (exact) mass is 654 g/mol. The standard InChI is InChI=1S/2C20H25NOS/c2*1-20(2,3)23(22)21-19-14-13-16(15-9-5-4-6-10-15)17-11-7-8-12-18(17)19/h2*4-12,16,19,21H,13-14H2,1-3H3/t16-,19+,23+;16-,19-,23-/m01/s1. The molecule has 0 heterocycles. The molecule has 244 valence electrons. The molecule has 0 saturated heterocycles.